The van der Waals surface area contributed by atoms with E-state index in [4.69, 9.17) is 11.6 Å². The van der Waals surface area contributed by atoms with Crippen LogP contribution < -0.4 is 0 Å². The summed E-state index contributed by atoms with van der Waals surface area (Å²) in [7, 11) is 0. The topological polar surface area (TPSA) is 40.5 Å². The molecule has 0 saturated heterocycles. The minimum atomic E-state index is -0.822. The molecule has 0 aliphatic carbocycles. The summed E-state index contributed by atoms with van der Waals surface area (Å²) in [5.41, 5.74) is 0.904. The number of thiophene rings is 1. The van der Waals surface area contributed by atoms with Crippen LogP contribution in [0.3, 0.4) is 0 Å². The minimum absolute atomic E-state index is 0.424. The molecule has 1 N–H and O–H groups in total. The summed E-state index contributed by atoms with van der Waals surface area (Å²) >= 11 is 7.38. The van der Waals surface area contributed by atoms with Crippen LogP contribution >= 0.6 is 22.9 Å². The van der Waals surface area contributed by atoms with Gasteiger partial charge in [0.05, 0.1) is 0 Å². The normalized spacial score (nSPS) is 20.4. The van der Waals surface area contributed by atoms with E-state index < -0.39 is 12.0 Å². The van der Waals surface area contributed by atoms with Crippen molar-refractivity contribution in [3.8, 4) is 0 Å². The molecule has 2 rings (SSSR count). The van der Waals surface area contributed by atoms with Crippen LogP contribution in [0.5, 0.6) is 0 Å². The quantitative estimate of drug-likeness (QED) is 0.905. The fraction of sp³-hybridized carbons (Fsp3) is 0.364. The standard InChI is InChI=1S/C11H12ClNO2S/c1-7(12)6-13-4-2-9-8(3-5-16-9)10(13)11(14)15/h3,5,10H,1-2,4,6H2,(H,14,15). The lowest BCUT2D eigenvalue weighted by atomic mass is 10.0. The van der Waals surface area contributed by atoms with Crippen LogP contribution in [0.25, 0.3) is 0 Å². The number of hydrogen-bond acceptors (Lipinski definition) is 3. The predicted molar refractivity (Wildman–Crippen MR) is 65.0 cm³/mol. The number of halogens is 1. The van der Waals surface area contributed by atoms with Gasteiger partial charge in [0.15, 0.2) is 0 Å². The van der Waals surface area contributed by atoms with E-state index in [2.05, 4.69) is 6.58 Å². The van der Waals surface area contributed by atoms with Gasteiger partial charge < -0.3 is 5.11 Å². The monoisotopic (exact) mass is 257 g/mol. The van der Waals surface area contributed by atoms with Gasteiger partial charge in [-0.2, -0.15) is 0 Å². The third-order valence-electron chi connectivity index (χ3n) is 2.67. The summed E-state index contributed by atoms with van der Waals surface area (Å²) < 4.78 is 0. The highest BCUT2D eigenvalue weighted by Gasteiger charge is 2.33. The molecule has 1 atom stereocenters. The number of carboxylic acids is 1. The summed E-state index contributed by atoms with van der Waals surface area (Å²) in [5, 5.41) is 11.7. The lowest BCUT2D eigenvalue weighted by Gasteiger charge is -2.32. The summed E-state index contributed by atoms with van der Waals surface area (Å²) in [6.45, 7) is 4.76. The zero-order valence-corrected chi connectivity index (χ0v) is 10.2. The molecule has 0 radical (unpaired) electrons. The summed E-state index contributed by atoms with van der Waals surface area (Å²) in [5.74, 6) is -0.822. The fourth-order valence-electron chi connectivity index (χ4n) is 2.05. The maximum atomic E-state index is 11.3. The maximum Gasteiger partial charge on any atom is 0.325 e. The SMILES string of the molecule is C=C(Cl)CN1CCc2sccc2C1C(=O)O. The zero-order chi connectivity index (χ0) is 11.7. The van der Waals surface area contributed by atoms with Gasteiger partial charge in [-0.3, -0.25) is 9.69 Å². The molecule has 1 unspecified atom stereocenters. The largest absolute Gasteiger partial charge is 0.480 e. The summed E-state index contributed by atoms with van der Waals surface area (Å²) in [6, 6.07) is 1.31. The number of rotatable bonds is 3. The lowest BCUT2D eigenvalue weighted by Crippen LogP contribution is -2.39. The third-order valence-corrected chi connectivity index (χ3v) is 3.79. The number of fused-ring (bicyclic) bond motifs is 1. The molecular weight excluding hydrogens is 246 g/mol. The second kappa shape index (κ2) is 4.57. The molecule has 0 saturated carbocycles. The number of hydrogen-bond donors (Lipinski definition) is 1. The van der Waals surface area contributed by atoms with Crippen LogP contribution in [0.4, 0.5) is 0 Å². The van der Waals surface area contributed by atoms with Crippen molar-refractivity contribution < 1.29 is 9.90 Å². The lowest BCUT2D eigenvalue weighted by molar-refractivity contribution is -0.143. The van der Waals surface area contributed by atoms with Gasteiger partial charge in [0.2, 0.25) is 0 Å². The first-order chi connectivity index (χ1) is 7.59. The molecular formula is C11H12ClNO2S. The molecule has 2 heterocycles. The predicted octanol–water partition coefficient (Wildman–Crippen LogP) is 2.48. The van der Waals surface area contributed by atoms with Crippen LogP contribution in [0.1, 0.15) is 16.5 Å². The maximum absolute atomic E-state index is 11.3. The molecule has 86 valence electrons. The van der Waals surface area contributed by atoms with Gasteiger partial charge in [0, 0.05) is 23.0 Å². The molecule has 0 bridgehead atoms. The summed E-state index contributed by atoms with van der Waals surface area (Å²) in [6.07, 6.45) is 0.890. The fourth-order valence-corrected chi connectivity index (χ4v) is 3.11. The molecule has 0 fully saturated rings. The first-order valence-corrected chi connectivity index (χ1v) is 6.21. The van der Waals surface area contributed by atoms with Crippen LogP contribution in [0.2, 0.25) is 0 Å². The molecule has 1 aromatic heterocycles. The van der Waals surface area contributed by atoms with E-state index in [0.29, 0.717) is 11.6 Å². The van der Waals surface area contributed by atoms with Crippen LogP contribution in [0.15, 0.2) is 23.1 Å². The highest BCUT2D eigenvalue weighted by Crippen LogP contribution is 2.33. The molecule has 0 aromatic carbocycles. The smallest absolute Gasteiger partial charge is 0.325 e. The average Bonchev–Trinajstić information content (AvgIpc) is 2.63. The van der Waals surface area contributed by atoms with Crippen LogP contribution in [-0.4, -0.2) is 29.1 Å². The van der Waals surface area contributed by atoms with Crippen molar-refractivity contribution in [2.24, 2.45) is 0 Å². The number of carboxylic acid groups (broad SMARTS) is 1. The molecule has 1 aliphatic heterocycles. The number of nitrogens with zero attached hydrogens (tertiary/aromatic N) is 1. The Balaban J connectivity index is 2.30. The highest BCUT2D eigenvalue weighted by molar-refractivity contribution is 7.10. The van der Waals surface area contributed by atoms with E-state index in [1.807, 2.05) is 16.3 Å². The van der Waals surface area contributed by atoms with Gasteiger partial charge in [-0.25, -0.2) is 0 Å². The van der Waals surface area contributed by atoms with Gasteiger partial charge in [0.1, 0.15) is 6.04 Å². The summed E-state index contributed by atoms with van der Waals surface area (Å²) in [4.78, 5) is 14.3. The zero-order valence-electron chi connectivity index (χ0n) is 8.65. The average molecular weight is 258 g/mol. The molecule has 5 heteroatoms. The Morgan fingerprint density at radius 1 is 1.75 bits per heavy atom. The van der Waals surface area contributed by atoms with E-state index >= 15 is 0 Å². The van der Waals surface area contributed by atoms with Crippen molar-refractivity contribution in [2.75, 3.05) is 13.1 Å². The third kappa shape index (κ3) is 2.14. The Kier molecular flexibility index (Phi) is 3.33. The van der Waals surface area contributed by atoms with E-state index in [1.165, 1.54) is 4.88 Å². The van der Waals surface area contributed by atoms with Crippen molar-refractivity contribution >= 4 is 28.9 Å². The number of carbonyl (C=O) groups is 1. The molecule has 0 spiro atoms. The van der Waals surface area contributed by atoms with Crippen LogP contribution in [0, 0.1) is 0 Å². The highest BCUT2D eigenvalue weighted by atomic mass is 35.5. The molecule has 1 aliphatic rings. The second-order valence-electron chi connectivity index (χ2n) is 3.78. The van der Waals surface area contributed by atoms with Crippen LogP contribution in [-0.2, 0) is 11.2 Å². The molecule has 0 amide bonds. The van der Waals surface area contributed by atoms with Gasteiger partial charge in [-0.1, -0.05) is 18.2 Å². The van der Waals surface area contributed by atoms with Gasteiger partial charge in [0.25, 0.3) is 0 Å². The molecule has 3 nitrogen and oxygen atoms in total. The second-order valence-corrected chi connectivity index (χ2v) is 5.31. The number of aliphatic carboxylic acids is 1. The van der Waals surface area contributed by atoms with Crippen molar-refractivity contribution in [3.05, 3.63) is 33.5 Å². The van der Waals surface area contributed by atoms with Crippen molar-refractivity contribution in [1.29, 1.82) is 0 Å². The first kappa shape index (κ1) is 11.6. The Labute approximate surface area is 103 Å². The van der Waals surface area contributed by atoms with E-state index in [-0.39, 0.29) is 0 Å². The van der Waals surface area contributed by atoms with Gasteiger partial charge >= 0.3 is 5.97 Å². The Morgan fingerprint density at radius 3 is 3.12 bits per heavy atom. The van der Waals surface area contributed by atoms with Crippen molar-refractivity contribution in [2.45, 2.75) is 12.5 Å². The van der Waals surface area contributed by atoms with E-state index in [1.54, 1.807) is 11.3 Å². The molecule has 1 aromatic rings. The van der Waals surface area contributed by atoms with Gasteiger partial charge in [-0.05, 0) is 23.4 Å². The van der Waals surface area contributed by atoms with Crippen molar-refractivity contribution in [3.63, 3.8) is 0 Å². The minimum Gasteiger partial charge on any atom is -0.480 e. The Morgan fingerprint density at radius 2 is 2.50 bits per heavy atom. The van der Waals surface area contributed by atoms with E-state index in [0.717, 1.165) is 18.5 Å². The Hall–Kier alpha value is -0.840. The van der Waals surface area contributed by atoms with E-state index in [9.17, 15) is 9.90 Å². The first-order valence-electron chi connectivity index (χ1n) is 4.96. The van der Waals surface area contributed by atoms with Gasteiger partial charge in [-0.15, -0.1) is 11.3 Å². The van der Waals surface area contributed by atoms with Crippen molar-refractivity contribution in [1.82, 2.24) is 4.90 Å². The Bertz CT molecular complexity index is 429. The molecule has 16 heavy (non-hydrogen) atoms.